The molecule has 0 saturated carbocycles. The fourth-order valence-corrected chi connectivity index (χ4v) is 3.47. The first-order valence-electron chi connectivity index (χ1n) is 8.33. The van der Waals surface area contributed by atoms with E-state index in [0.717, 1.165) is 36.5 Å². The zero-order valence-corrected chi connectivity index (χ0v) is 13.7. The first kappa shape index (κ1) is 14.9. The van der Waals surface area contributed by atoms with E-state index in [-0.39, 0.29) is 18.4 Å². The number of fused-ring (bicyclic) bond motifs is 2. The van der Waals surface area contributed by atoms with Gasteiger partial charge in [0, 0.05) is 25.2 Å². The smallest absolute Gasteiger partial charge is 0.272 e. The van der Waals surface area contributed by atoms with Crippen LogP contribution < -0.4 is 5.32 Å². The highest BCUT2D eigenvalue weighted by Gasteiger charge is 2.28. The SMILES string of the molecule is CC1CCn2c(C(=O)N3CC(=O)Nc4ccccc4C3)cnc2C1. The van der Waals surface area contributed by atoms with Crippen molar-refractivity contribution in [2.75, 3.05) is 11.9 Å². The van der Waals surface area contributed by atoms with Crippen LogP contribution in [0.5, 0.6) is 0 Å². The fraction of sp³-hybridized carbons (Fsp3) is 0.389. The summed E-state index contributed by atoms with van der Waals surface area (Å²) in [5.41, 5.74) is 2.31. The van der Waals surface area contributed by atoms with Gasteiger partial charge in [0.2, 0.25) is 5.91 Å². The lowest BCUT2D eigenvalue weighted by atomic mass is 10.0. The number of para-hydroxylation sites is 1. The van der Waals surface area contributed by atoms with Crippen LogP contribution in [-0.4, -0.2) is 32.8 Å². The van der Waals surface area contributed by atoms with E-state index in [9.17, 15) is 9.59 Å². The maximum atomic E-state index is 13.0. The first-order chi connectivity index (χ1) is 11.6. The maximum absolute atomic E-state index is 13.0. The molecule has 3 heterocycles. The minimum absolute atomic E-state index is 0.0599. The zero-order chi connectivity index (χ0) is 16.7. The number of anilines is 1. The van der Waals surface area contributed by atoms with Crippen LogP contribution >= 0.6 is 0 Å². The summed E-state index contributed by atoms with van der Waals surface area (Å²) in [6.45, 7) is 3.50. The number of hydrogen-bond donors (Lipinski definition) is 1. The van der Waals surface area contributed by atoms with Gasteiger partial charge < -0.3 is 14.8 Å². The second-order valence-corrected chi connectivity index (χ2v) is 6.68. The normalized spacial score (nSPS) is 20.0. The predicted octanol–water partition coefficient (Wildman–Crippen LogP) is 2.06. The molecule has 2 aromatic rings. The van der Waals surface area contributed by atoms with Gasteiger partial charge in [0.15, 0.2) is 0 Å². The number of nitrogens with one attached hydrogen (secondary N) is 1. The Bertz CT molecular complexity index is 811. The monoisotopic (exact) mass is 324 g/mol. The highest BCUT2D eigenvalue weighted by molar-refractivity contribution is 6.00. The Hall–Kier alpha value is -2.63. The molecule has 1 aromatic carbocycles. The molecule has 0 saturated heterocycles. The number of imidazole rings is 1. The number of rotatable bonds is 1. The van der Waals surface area contributed by atoms with Gasteiger partial charge in [0.25, 0.3) is 5.91 Å². The number of benzene rings is 1. The second kappa shape index (κ2) is 5.78. The topological polar surface area (TPSA) is 67.2 Å². The van der Waals surface area contributed by atoms with E-state index in [1.807, 2.05) is 28.8 Å². The van der Waals surface area contributed by atoms with Crippen LogP contribution in [0.1, 0.15) is 35.2 Å². The van der Waals surface area contributed by atoms with Crippen molar-refractivity contribution in [2.24, 2.45) is 5.92 Å². The minimum atomic E-state index is -0.166. The summed E-state index contributed by atoms with van der Waals surface area (Å²) in [5, 5.41) is 2.87. The maximum Gasteiger partial charge on any atom is 0.272 e. The first-order valence-corrected chi connectivity index (χ1v) is 8.33. The van der Waals surface area contributed by atoms with Crippen molar-refractivity contribution < 1.29 is 9.59 Å². The third kappa shape index (κ3) is 2.58. The number of aromatic nitrogens is 2. The summed E-state index contributed by atoms with van der Waals surface area (Å²) in [5.74, 6) is 1.27. The molecule has 1 N–H and O–H groups in total. The quantitative estimate of drug-likeness (QED) is 0.873. The highest BCUT2D eigenvalue weighted by Crippen LogP contribution is 2.24. The average molecular weight is 324 g/mol. The molecule has 2 aliphatic heterocycles. The van der Waals surface area contributed by atoms with Crippen LogP contribution in [0.2, 0.25) is 0 Å². The molecule has 2 amide bonds. The van der Waals surface area contributed by atoms with Crippen LogP contribution in [0.3, 0.4) is 0 Å². The van der Waals surface area contributed by atoms with E-state index in [1.54, 1.807) is 11.1 Å². The number of carbonyl (C=O) groups excluding carboxylic acids is 2. The van der Waals surface area contributed by atoms with E-state index >= 15 is 0 Å². The van der Waals surface area contributed by atoms with Gasteiger partial charge in [-0.05, 0) is 24.0 Å². The Morgan fingerprint density at radius 2 is 2.12 bits per heavy atom. The number of carbonyl (C=O) groups is 2. The van der Waals surface area contributed by atoms with Crippen molar-refractivity contribution in [1.82, 2.24) is 14.5 Å². The Morgan fingerprint density at radius 1 is 1.29 bits per heavy atom. The molecule has 24 heavy (non-hydrogen) atoms. The third-order valence-corrected chi connectivity index (χ3v) is 4.81. The van der Waals surface area contributed by atoms with Gasteiger partial charge in [-0.2, -0.15) is 0 Å². The molecule has 1 atom stereocenters. The molecule has 2 aliphatic rings. The van der Waals surface area contributed by atoms with Crippen molar-refractivity contribution in [3.63, 3.8) is 0 Å². The summed E-state index contributed by atoms with van der Waals surface area (Å²) in [6, 6.07) is 7.60. The van der Waals surface area contributed by atoms with Crippen LogP contribution in [0.4, 0.5) is 5.69 Å². The number of hydrogen-bond acceptors (Lipinski definition) is 3. The van der Waals surface area contributed by atoms with Gasteiger partial charge in [0.05, 0.1) is 6.20 Å². The molecule has 0 spiro atoms. The van der Waals surface area contributed by atoms with Crippen LogP contribution in [0.15, 0.2) is 30.5 Å². The molecule has 0 aliphatic carbocycles. The molecule has 1 unspecified atom stereocenters. The van der Waals surface area contributed by atoms with Crippen molar-refractivity contribution in [3.8, 4) is 0 Å². The molecule has 124 valence electrons. The average Bonchev–Trinajstić information content (AvgIpc) is 2.89. The molecule has 0 radical (unpaired) electrons. The van der Waals surface area contributed by atoms with Gasteiger partial charge in [-0.25, -0.2) is 4.98 Å². The number of amides is 2. The minimum Gasteiger partial charge on any atom is -0.324 e. The molecular weight excluding hydrogens is 304 g/mol. The Kier molecular flexibility index (Phi) is 3.59. The van der Waals surface area contributed by atoms with E-state index in [4.69, 9.17) is 0 Å². The Balaban J connectivity index is 1.64. The molecule has 0 fully saturated rings. The molecule has 1 aromatic heterocycles. The van der Waals surface area contributed by atoms with E-state index in [1.165, 1.54) is 0 Å². The Morgan fingerprint density at radius 3 is 3.00 bits per heavy atom. The van der Waals surface area contributed by atoms with E-state index in [2.05, 4.69) is 17.2 Å². The Labute approximate surface area is 140 Å². The molecule has 0 bridgehead atoms. The van der Waals surface area contributed by atoms with Gasteiger partial charge in [-0.1, -0.05) is 25.1 Å². The van der Waals surface area contributed by atoms with Gasteiger partial charge >= 0.3 is 0 Å². The lowest BCUT2D eigenvalue weighted by Gasteiger charge is -2.24. The summed E-state index contributed by atoms with van der Waals surface area (Å²) in [4.78, 5) is 31.2. The fourth-order valence-electron chi connectivity index (χ4n) is 3.47. The third-order valence-electron chi connectivity index (χ3n) is 4.81. The summed E-state index contributed by atoms with van der Waals surface area (Å²) in [6.07, 6.45) is 3.61. The number of nitrogens with zero attached hydrogens (tertiary/aromatic N) is 3. The summed E-state index contributed by atoms with van der Waals surface area (Å²) in [7, 11) is 0. The van der Waals surface area contributed by atoms with Crippen molar-refractivity contribution in [3.05, 3.63) is 47.5 Å². The molecule has 4 rings (SSSR count). The van der Waals surface area contributed by atoms with E-state index in [0.29, 0.717) is 18.2 Å². The van der Waals surface area contributed by atoms with Crippen molar-refractivity contribution in [1.29, 1.82) is 0 Å². The van der Waals surface area contributed by atoms with Crippen LogP contribution in [0, 0.1) is 5.92 Å². The summed E-state index contributed by atoms with van der Waals surface area (Å²) < 4.78 is 2.01. The molecule has 6 nitrogen and oxygen atoms in total. The highest BCUT2D eigenvalue weighted by atomic mass is 16.2. The van der Waals surface area contributed by atoms with Gasteiger partial charge in [0.1, 0.15) is 18.1 Å². The van der Waals surface area contributed by atoms with Gasteiger partial charge in [-0.3, -0.25) is 9.59 Å². The van der Waals surface area contributed by atoms with E-state index < -0.39 is 0 Å². The van der Waals surface area contributed by atoms with Crippen molar-refractivity contribution >= 4 is 17.5 Å². The van der Waals surface area contributed by atoms with Gasteiger partial charge in [-0.15, -0.1) is 0 Å². The lowest BCUT2D eigenvalue weighted by molar-refractivity contribution is -0.116. The lowest BCUT2D eigenvalue weighted by Crippen LogP contribution is -2.36. The molecule has 6 heteroatoms. The molecular formula is C18H20N4O2. The standard InChI is InChI=1S/C18H20N4O2/c1-12-6-7-22-15(9-19-16(22)8-12)18(24)21-10-13-4-2-3-5-14(13)20-17(23)11-21/h2-5,9,12H,6-8,10-11H2,1H3,(H,20,23). The van der Waals surface area contributed by atoms with Crippen LogP contribution in [-0.2, 0) is 24.3 Å². The van der Waals surface area contributed by atoms with Crippen LogP contribution in [0.25, 0.3) is 0 Å². The second-order valence-electron chi connectivity index (χ2n) is 6.68. The predicted molar refractivity (Wildman–Crippen MR) is 89.5 cm³/mol. The zero-order valence-electron chi connectivity index (χ0n) is 13.7. The van der Waals surface area contributed by atoms with Crippen molar-refractivity contribution in [2.45, 2.75) is 32.9 Å². The largest absolute Gasteiger partial charge is 0.324 e. The summed E-state index contributed by atoms with van der Waals surface area (Å²) >= 11 is 0.